The monoisotopic (exact) mass is 154 g/mol. The van der Waals surface area contributed by atoms with Gasteiger partial charge < -0.3 is 0 Å². The largest absolute Gasteiger partial charge is 0.126 e. The zero-order valence-corrected chi connectivity index (χ0v) is 6.53. The maximum Gasteiger partial charge on any atom is 0.0270 e. The molecule has 0 saturated carbocycles. The lowest BCUT2D eigenvalue weighted by atomic mass is 11.0. The van der Waals surface area contributed by atoms with Gasteiger partial charge in [0.15, 0.2) is 0 Å². The van der Waals surface area contributed by atoms with Crippen LogP contribution < -0.4 is 0 Å². The Hall–Kier alpha value is 0.940. The van der Waals surface area contributed by atoms with E-state index in [9.17, 15) is 0 Å². The zero-order chi connectivity index (χ0) is 5.33. The molecule has 0 aromatic carbocycles. The van der Waals surface area contributed by atoms with E-state index in [0.29, 0.717) is 0 Å². The first kappa shape index (κ1) is 6.07. The minimum Gasteiger partial charge on any atom is -0.126 e. The van der Waals surface area contributed by atoms with Gasteiger partial charge >= 0.3 is 0 Å². The third-order valence-electron chi connectivity index (χ3n) is 1.21. The summed E-state index contributed by atoms with van der Waals surface area (Å²) in [6.45, 7) is 0. The minimum atomic E-state index is -0.714. The zero-order valence-electron chi connectivity index (χ0n) is 4.06. The van der Waals surface area contributed by atoms with Crippen LogP contribution in [0.25, 0.3) is 0 Å². The molecule has 1 saturated heterocycles. The van der Waals surface area contributed by atoms with Crippen LogP contribution in [-0.4, -0.2) is 24.4 Å². The summed E-state index contributed by atoms with van der Waals surface area (Å²) < 4.78 is 0. The van der Waals surface area contributed by atoms with Crippen molar-refractivity contribution in [3.8, 4) is 0 Å². The predicted molar refractivity (Wildman–Crippen MR) is 39.6 cm³/mol. The first-order valence-electron chi connectivity index (χ1n) is 2.40. The van der Waals surface area contributed by atoms with Crippen LogP contribution in [0.15, 0.2) is 0 Å². The molecule has 1 aliphatic rings. The van der Waals surface area contributed by atoms with Crippen LogP contribution in [0.4, 0.5) is 0 Å². The van der Waals surface area contributed by atoms with Gasteiger partial charge in [0, 0.05) is 5.88 Å². The Morgan fingerprint density at radius 3 is 2.29 bits per heavy atom. The molecule has 0 aromatic heterocycles. The van der Waals surface area contributed by atoms with Gasteiger partial charge in [0.05, 0.1) is 0 Å². The summed E-state index contributed by atoms with van der Waals surface area (Å²) in [5.41, 5.74) is 0. The molecule has 42 valence electrons. The third-order valence-corrected chi connectivity index (χ3v) is 5.79. The van der Waals surface area contributed by atoms with Crippen LogP contribution in [-0.2, 0) is 11.8 Å². The second kappa shape index (κ2) is 2.05. The van der Waals surface area contributed by atoms with E-state index in [2.05, 4.69) is 0 Å². The third kappa shape index (κ3) is 1.71. The highest BCUT2D eigenvalue weighted by atomic mass is 35.5. The molecule has 3 heteroatoms. The lowest BCUT2D eigenvalue weighted by Gasteiger charge is -1.89. The highest BCUT2D eigenvalue weighted by Gasteiger charge is 2.28. The Morgan fingerprint density at radius 2 is 2.14 bits per heavy atom. The highest BCUT2D eigenvalue weighted by Crippen LogP contribution is 2.59. The summed E-state index contributed by atoms with van der Waals surface area (Å²) in [6.07, 6.45) is 3.80. The van der Waals surface area contributed by atoms with Crippen LogP contribution in [0.1, 0.15) is 0 Å². The van der Waals surface area contributed by atoms with Gasteiger partial charge in [-0.1, -0.05) is 11.8 Å². The number of halogens is 1. The second-order valence-corrected chi connectivity index (χ2v) is 8.08. The molecule has 0 atom stereocenters. The number of hydrogen-bond donors (Lipinski definition) is 0. The van der Waals surface area contributed by atoms with E-state index in [4.69, 9.17) is 23.4 Å². The number of alkyl halides is 1. The van der Waals surface area contributed by atoms with Crippen molar-refractivity contribution in [3.63, 3.8) is 0 Å². The molecule has 0 unspecified atom stereocenters. The quantitative estimate of drug-likeness (QED) is 0.431. The lowest BCUT2D eigenvalue weighted by molar-refractivity contribution is 1.52. The molecule has 1 fully saturated rings. The van der Waals surface area contributed by atoms with Crippen molar-refractivity contribution in [2.24, 2.45) is 0 Å². The average molecular weight is 155 g/mol. The van der Waals surface area contributed by atoms with Crippen molar-refractivity contribution in [2.75, 3.05) is 24.4 Å². The van der Waals surface area contributed by atoms with Gasteiger partial charge in [0.1, 0.15) is 0 Å². The van der Waals surface area contributed by atoms with E-state index < -0.39 is 6.04 Å². The molecule has 0 amide bonds. The molecule has 0 aromatic rings. The SMILES string of the molecule is S=P1(CCCl)CC1. The van der Waals surface area contributed by atoms with Crippen LogP contribution >= 0.6 is 17.6 Å². The molecule has 1 rings (SSSR count). The maximum absolute atomic E-state index is 5.49. The first-order chi connectivity index (χ1) is 3.27. The van der Waals surface area contributed by atoms with Crippen LogP contribution in [0, 0.1) is 0 Å². The van der Waals surface area contributed by atoms with Crippen molar-refractivity contribution in [3.05, 3.63) is 0 Å². The van der Waals surface area contributed by atoms with Gasteiger partial charge in [-0.2, -0.15) is 0 Å². The first-order valence-corrected chi connectivity index (χ1v) is 6.29. The van der Waals surface area contributed by atoms with E-state index in [1.807, 2.05) is 0 Å². The van der Waals surface area contributed by atoms with Gasteiger partial charge in [-0.25, -0.2) is 0 Å². The summed E-state index contributed by atoms with van der Waals surface area (Å²) in [5.74, 6) is 0.789. The molecule has 7 heavy (non-hydrogen) atoms. The van der Waals surface area contributed by atoms with E-state index in [0.717, 1.165) is 12.0 Å². The van der Waals surface area contributed by atoms with Crippen molar-refractivity contribution < 1.29 is 0 Å². The summed E-state index contributed by atoms with van der Waals surface area (Å²) in [7, 11) is 0. The second-order valence-electron chi connectivity index (χ2n) is 1.92. The summed E-state index contributed by atoms with van der Waals surface area (Å²) in [5, 5.41) is 0. The Morgan fingerprint density at radius 1 is 1.57 bits per heavy atom. The highest BCUT2D eigenvalue weighted by molar-refractivity contribution is 8.18. The fourth-order valence-corrected chi connectivity index (χ4v) is 4.42. The Bertz CT molecular complexity index is 104. The van der Waals surface area contributed by atoms with Crippen LogP contribution in [0.2, 0.25) is 0 Å². The standard InChI is InChI=1S/C4H8ClPS/c5-1-2-6(7)3-4-6/h1-4H2. The Labute approximate surface area is 54.3 Å². The van der Waals surface area contributed by atoms with Gasteiger partial charge in [-0.05, 0) is 24.5 Å². The van der Waals surface area contributed by atoms with Gasteiger partial charge in [-0.15, -0.1) is 11.6 Å². The fourth-order valence-electron chi connectivity index (χ4n) is 0.489. The number of hydrogen-bond acceptors (Lipinski definition) is 1. The smallest absolute Gasteiger partial charge is 0.0270 e. The molecule has 0 bridgehead atoms. The predicted octanol–water partition coefficient (Wildman–Crippen LogP) is 1.72. The van der Waals surface area contributed by atoms with Crippen LogP contribution in [0.5, 0.6) is 0 Å². The topological polar surface area (TPSA) is 0 Å². The van der Waals surface area contributed by atoms with E-state index in [-0.39, 0.29) is 0 Å². The lowest BCUT2D eigenvalue weighted by Crippen LogP contribution is -1.74. The molecule has 0 nitrogen and oxygen atoms in total. The van der Waals surface area contributed by atoms with Crippen LogP contribution in [0.3, 0.4) is 0 Å². The summed E-state index contributed by atoms with van der Waals surface area (Å²) in [6, 6.07) is -0.714. The van der Waals surface area contributed by atoms with Gasteiger partial charge in [0.2, 0.25) is 0 Å². The van der Waals surface area contributed by atoms with Gasteiger partial charge in [0.25, 0.3) is 0 Å². The summed E-state index contributed by atoms with van der Waals surface area (Å²) >= 11 is 10.7. The number of rotatable bonds is 2. The Kier molecular flexibility index (Phi) is 1.77. The fraction of sp³-hybridized carbons (Fsp3) is 1.00. The molecule has 1 aliphatic heterocycles. The maximum atomic E-state index is 5.49. The molecule has 0 spiro atoms. The van der Waals surface area contributed by atoms with Crippen molar-refractivity contribution in [2.45, 2.75) is 0 Å². The average Bonchev–Trinajstić information content (AvgIpc) is 2.22. The summed E-state index contributed by atoms with van der Waals surface area (Å²) in [4.78, 5) is 0. The molecule has 0 N–H and O–H groups in total. The normalized spacial score (nSPS) is 24.7. The van der Waals surface area contributed by atoms with Crippen molar-refractivity contribution in [1.29, 1.82) is 0 Å². The molecule has 1 heterocycles. The Balaban J connectivity index is 2.27. The molecule has 0 aliphatic carbocycles. The van der Waals surface area contributed by atoms with Crippen molar-refractivity contribution >= 4 is 29.4 Å². The van der Waals surface area contributed by atoms with E-state index in [1.165, 1.54) is 12.3 Å². The van der Waals surface area contributed by atoms with Crippen molar-refractivity contribution in [1.82, 2.24) is 0 Å². The molecule has 0 radical (unpaired) electrons. The molecular weight excluding hydrogens is 147 g/mol. The van der Waals surface area contributed by atoms with E-state index in [1.54, 1.807) is 0 Å². The van der Waals surface area contributed by atoms with Gasteiger partial charge in [-0.3, -0.25) is 0 Å². The molecular formula is C4H8ClPS. The minimum absolute atomic E-state index is 0.714. The van der Waals surface area contributed by atoms with E-state index >= 15 is 0 Å².